The Morgan fingerprint density at radius 1 is 1.26 bits per heavy atom. The van der Waals surface area contributed by atoms with Crippen LogP contribution in [0.5, 0.6) is 0 Å². The highest BCUT2D eigenvalue weighted by atomic mass is 32.2. The van der Waals surface area contributed by atoms with E-state index in [-0.39, 0.29) is 5.91 Å². The van der Waals surface area contributed by atoms with Gasteiger partial charge in [0.25, 0.3) is 5.91 Å². The predicted molar refractivity (Wildman–Crippen MR) is 109 cm³/mol. The number of allylic oxidation sites excluding steroid dienone is 2. The Hall–Kier alpha value is -3.04. The number of hydrogen-bond acceptors (Lipinski definition) is 5. The Labute approximate surface area is 163 Å². The number of para-hydroxylation sites is 1. The lowest BCUT2D eigenvalue weighted by atomic mass is 9.82. The van der Waals surface area contributed by atoms with Gasteiger partial charge in [-0.3, -0.25) is 9.78 Å². The van der Waals surface area contributed by atoms with E-state index in [1.54, 1.807) is 24.2 Å². The van der Waals surface area contributed by atoms with Crippen molar-refractivity contribution in [1.82, 2.24) is 10.3 Å². The van der Waals surface area contributed by atoms with Crippen LogP contribution in [0, 0.1) is 11.3 Å². The van der Waals surface area contributed by atoms with Crippen LogP contribution in [0.25, 0.3) is 0 Å². The molecule has 1 unspecified atom stereocenters. The minimum Gasteiger partial charge on any atom is -0.353 e. The number of dihydropyridines is 1. The van der Waals surface area contributed by atoms with Gasteiger partial charge in [-0.05, 0) is 42.5 Å². The molecule has 2 N–H and O–H groups in total. The number of nitriles is 1. The summed E-state index contributed by atoms with van der Waals surface area (Å²) in [5.41, 5.74) is 3.43. The lowest BCUT2D eigenvalue weighted by Crippen LogP contribution is -2.30. The van der Waals surface area contributed by atoms with Crippen molar-refractivity contribution in [3.05, 3.63) is 82.3 Å². The summed E-state index contributed by atoms with van der Waals surface area (Å²) in [5, 5.41) is 16.9. The Kier molecular flexibility index (Phi) is 5.94. The molecular formula is C21H20N4OS. The third-order valence-corrected chi connectivity index (χ3v) is 5.15. The van der Waals surface area contributed by atoms with Crippen molar-refractivity contribution >= 4 is 23.4 Å². The monoisotopic (exact) mass is 376 g/mol. The number of thioether (sulfide) groups is 1. The molecule has 0 saturated heterocycles. The van der Waals surface area contributed by atoms with Gasteiger partial charge < -0.3 is 10.6 Å². The normalized spacial score (nSPS) is 16.6. The molecule has 2 heterocycles. The number of rotatable bonds is 5. The second-order valence-corrected chi connectivity index (χ2v) is 7.26. The molecule has 0 spiro atoms. The molecule has 1 aromatic carbocycles. The van der Waals surface area contributed by atoms with Gasteiger partial charge in [-0.2, -0.15) is 5.26 Å². The van der Waals surface area contributed by atoms with E-state index in [0.717, 1.165) is 22.0 Å². The van der Waals surface area contributed by atoms with Crippen LogP contribution in [0.1, 0.15) is 25.3 Å². The van der Waals surface area contributed by atoms with Crippen LogP contribution in [-0.2, 0) is 4.79 Å². The summed E-state index contributed by atoms with van der Waals surface area (Å²) in [7, 11) is 0. The van der Waals surface area contributed by atoms with Crippen molar-refractivity contribution in [2.45, 2.75) is 19.8 Å². The van der Waals surface area contributed by atoms with Crippen molar-refractivity contribution in [3.8, 4) is 6.07 Å². The third kappa shape index (κ3) is 4.04. The SMILES string of the molecule is CCSC1=C(C#N)C(c2ccncc2)C(C(=O)Nc2ccccc2)=C(C)N1. The van der Waals surface area contributed by atoms with Crippen molar-refractivity contribution in [3.63, 3.8) is 0 Å². The molecule has 1 aromatic heterocycles. The topological polar surface area (TPSA) is 77.8 Å². The van der Waals surface area contributed by atoms with E-state index in [1.165, 1.54) is 0 Å². The maximum atomic E-state index is 13.1. The van der Waals surface area contributed by atoms with Crippen LogP contribution < -0.4 is 10.6 Å². The molecule has 6 heteroatoms. The number of amides is 1. The minimum absolute atomic E-state index is 0.221. The van der Waals surface area contributed by atoms with Crippen molar-refractivity contribution in [2.24, 2.45) is 0 Å². The molecule has 2 aromatic rings. The fourth-order valence-electron chi connectivity index (χ4n) is 3.08. The highest BCUT2D eigenvalue weighted by molar-refractivity contribution is 8.03. The summed E-state index contributed by atoms with van der Waals surface area (Å²) in [5.74, 6) is 0.174. The van der Waals surface area contributed by atoms with E-state index in [4.69, 9.17) is 0 Å². The van der Waals surface area contributed by atoms with E-state index in [0.29, 0.717) is 16.8 Å². The molecule has 0 fully saturated rings. The number of pyridine rings is 1. The smallest absolute Gasteiger partial charge is 0.254 e. The molecule has 1 aliphatic rings. The second kappa shape index (κ2) is 8.56. The van der Waals surface area contributed by atoms with E-state index < -0.39 is 5.92 Å². The number of nitrogens with one attached hydrogen (secondary N) is 2. The molecule has 1 aliphatic heterocycles. The third-order valence-electron chi connectivity index (χ3n) is 4.25. The summed E-state index contributed by atoms with van der Waals surface area (Å²) in [4.78, 5) is 17.2. The molecule has 0 aliphatic carbocycles. The van der Waals surface area contributed by atoms with Gasteiger partial charge in [0, 0.05) is 29.4 Å². The minimum atomic E-state index is -0.433. The van der Waals surface area contributed by atoms with Crippen LogP contribution >= 0.6 is 11.8 Å². The average Bonchev–Trinajstić information content (AvgIpc) is 2.69. The van der Waals surface area contributed by atoms with E-state index in [2.05, 4.69) is 21.7 Å². The lowest BCUT2D eigenvalue weighted by Gasteiger charge is -2.29. The van der Waals surface area contributed by atoms with E-state index in [1.807, 2.05) is 56.3 Å². The number of aromatic nitrogens is 1. The van der Waals surface area contributed by atoms with Gasteiger partial charge in [0.1, 0.15) is 0 Å². The number of anilines is 1. The zero-order valence-corrected chi connectivity index (χ0v) is 16.0. The zero-order valence-electron chi connectivity index (χ0n) is 15.2. The van der Waals surface area contributed by atoms with E-state index in [9.17, 15) is 10.1 Å². The van der Waals surface area contributed by atoms with Crippen LogP contribution in [0.4, 0.5) is 5.69 Å². The molecule has 1 atom stereocenters. The zero-order chi connectivity index (χ0) is 19.2. The fourth-order valence-corrected chi connectivity index (χ4v) is 3.91. The van der Waals surface area contributed by atoms with Gasteiger partial charge in [0.15, 0.2) is 0 Å². The summed E-state index contributed by atoms with van der Waals surface area (Å²) in [6.45, 7) is 3.91. The molecular weight excluding hydrogens is 356 g/mol. The second-order valence-electron chi connectivity index (χ2n) is 5.98. The Morgan fingerprint density at radius 3 is 2.59 bits per heavy atom. The summed E-state index contributed by atoms with van der Waals surface area (Å²) in [6, 6.07) is 15.3. The summed E-state index contributed by atoms with van der Waals surface area (Å²) in [6.07, 6.45) is 3.36. The summed E-state index contributed by atoms with van der Waals surface area (Å²) >= 11 is 1.57. The molecule has 27 heavy (non-hydrogen) atoms. The summed E-state index contributed by atoms with van der Waals surface area (Å²) < 4.78 is 0. The molecule has 0 radical (unpaired) electrons. The highest BCUT2D eigenvalue weighted by Gasteiger charge is 2.34. The maximum absolute atomic E-state index is 13.1. The first-order valence-electron chi connectivity index (χ1n) is 8.66. The number of carbonyl (C=O) groups is 1. The van der Waals surface area contributed by atoms with Crippen molar-refractivity contribution < 1.29 is 4.79 Å². The molecule has 0 bridgehead atoms. The average molecular weight is 376 g/mol. The molecule has 5 nitrogen and oxygen atoms in total. The fraction of sp³-hybridized carbons (Fsp3) is 0.190. The van der Waals surface area contributed by atoms with Gasteiger partial charge in [0.05, 0.1) is 22.6 Å². The number of hydrogen-bond donors (Lipinski definition) is 2. The van der Waals surface area contributed by atoms with Crippen LogP contribution in [0.15, 0.2) is 76.7 Å². The van der Waals surface area contributed by atoms with Gasteiger partial charge in [-0.15, -0.1) is 11.8 Å². The lowest BCUT2D eigenvalue weighted by molar-refractivity contribution is -0.113. The predicted octanol–water partition coefficient (Wildman–Crippen LogP) is 4.17. The largest absolute Gasteiger partial charge is 0.353 e. The Balaban J connectivity index is 2.06. The van der Waals surface area contributed by atoms with Gasteiger partial charge in [-0.25, -0.2) is 0 Å². The van der Waals surface area contributed by atoms with Crippen LogP contribution in [-0.4, -0.2) is 16.6 Å². The standard InChI is InChI=1S/C21H20N4OS/c1-3-27-21-17(13-22)19(15-9-11-23-12-10-15)18(14(2)24-21)20(26)25-16-7-5-4-6-8-16/h4-12,19,24H,3H2,1-2H3,(H,25,26). The number of carbonyl (C=O) groups excluding carboxylic acids is 1. The first-order chi connectivity index (χ1) is 13.2. The molecule has 3 rings (SSSR count). The van der Waals surface area contributed by atoms with Crippen LogP contribution in [0.3, 0.4) is 0 Å². The Bertz CT molecular complexity index is 930. The highest BCUT2D eigenvalue weighted by Crippen LogP contribution is 2.40. The number of nitrogens with zero attached hydrogens (tertiary/aromatic N) is 2. The van der Waals surface area contributed by atoms with Gasteiger partial charge in [-0.1, -0.05) is 25.1 Å². The van der Waals surface area contributed by atoms with E-state index >= 15 is 0 Å². The van der Waals surface area contributed by atoms with Crippen molar-refractivity contribution in [2.75, 3.05) is 11.1 Å². The molecule has 0 saturated carbocycles. The van der Waals surface area contributed by atoms with Gasteiger partial charge in [0.2, 0.25) is 0 Å². The first kappa shape index (κ1) is 18.7. The maximum Gasteiger partial charge on any atom is 0.254 e. The quantitative estimate of drug-likeness (QED) is 0.819. The van der Waals surface area contributed by atoms with Crippen LogP contribution in [0.2, 0.25) is 0 Å². The first-order valence-corrected chi connectivity index (χ1v) is 9.65. The Morgan fingerprint density at radius 2 is 1.96 bits per heavy atom. The molecule has 136 valence electrons. The number of benzene rings is 1. The van der Waals surface area contributed by atoms with Crippen molar-refractivity contribution in [1.29, 1.82) is 5.26 Å². The van der Waals surface area contributed by atoms with Gasteiger partial charge >= 0.3 is 0 Å². The molecule has 1 amide bonds.